The Kier molecular flexibility index (Phi) is 5.04. The Morgan fingerprint density at radius 3 is 2.73 bits per heavy atom. The summed E-state index contributed by atoms with van der Waals surface area (Å²) in [5.74, 6) is 1.61. The van der Waals surface area contributed by atoms with Gasteiger partial charge in [-0.05, 0) is 62.7 Å². The van der Waals surface area contributed by atoms with Gasteiger partial charge in [0, 0.05) is 24.0 Å². The minimum absolute atomic E-state index is 0.161. The van der Waals surface area contributed by atoms with Crippen LogP contribution < -0.4 is 5.32 Å². The Labute approximate surface area is 138 Å². The van der Waals surface area contributed by atoms with Gasteiger partial charge in [-0.15, -0.1) is 0 Å². The van der Waals surface area contributed by atoms with Crippen LogP contribution in [0.1, 0.15) is 37.2 Å². The minimum Gasteiger partial charge on any atom is -0.342 e. The Morgan fingerprint density at radius 2 is 2.05 bits per heavy atom. The van der Waals surface area contributed by atoms with E-state index >= 15 is 0 Å². The fourth-order valence-corrected chi connectivity index (χ4v) is 3.89. The maximum Gasteiger partial charge on any atom is 0.226 e. The predicted molar refractivity (Wildman–Crippen MR) is 90.1 cm³/mol. The van der Waals surface area contributed by atoms with E-state index in [2.05, 4.69) is 16.3 Å². The lowest BCUT2D eigenvalue weighted by Gasteiger charge is -2.32. The Bertz CT molecular complexity index is 526. The van der Waals surface area contributed by atoms with Crippen LogP contribution in [0.25, 0.3) is 0 Å². The average molecular weight is 321 g/mol. The number of likely N-dealkylation sites (tertiary alicyclic amines) is 1. The van der Waals surface area contributed by atoms with Crippen molar-refractivity contribution in [3.05, 3.63) is 34.9 Å². The molecule has 2 atom stereocenters. The van der Waals surface area contributed by atoms with Crippen molar-refractivity contribution in [2.75, 3.05) is 26.7 Å². The molecule has 1 aliphatic heterocycles. The van der Waals surface area contributed by atoms with Gasteiger partial charge >= 0.3 is 0 Å². The number of hydrogen-bond donors (Lipinski definition) is 1. The van der Waals surface area contributed by atoms with Crippen molar-refractivity contribution in [3.8, 4) is 0 Å². The van der Waals surface area contributed by atoms with Crippen LogP contribution in [0.4, 0.5) is 0 Å². The van der Waals surface area contributed by atoms with Gasteiger partial charge < -0.3 is 10.2 Å². The van der Waals surface area contributed by atoms with Gasteiger partial charge in [-0.2, -0.15) is 0 Å². The Hall–Kier alpha value is -1.06. The van der Waals surface area contributed by atoms with E-state index < -0.39 is 0 Å². The first-order valence-electron chi connectivity index (χ1n) is 8.38. The third-order valence-electron chi connectivity index (χ3n) is 5.14. The van der Waals surface area contributed by atoms with Gasteiger partial charge in [0.2, 0.25) is 5.91 Å². The average Bonchev–Trinajstić information content (AvgIpc) is 3.33. The number of amides is 1. The predicted octanol–water partition coefficient (Wildman–Crippen LogP) is 3.29. The summed E-state index contributed by atoms with van der Waals surface area (Å²) in [4.78, 5) is 14.7. The lowest BCUT2D eigenvalue weighted by atomic mass is 9.93. The van der Waals surface area contributed by atoms with Crippen LogP contribution in [-0.2, 0) is 4.79 Å². The standard InChI is InChI=1S/C18H25ClN2O/c1-20-9-6-13-7-10-21(11-8-13)18(22)16-12-15(16)14-4-2-3-5-17(14)19/h2-5,13,15-16,20H,6-12H2,1H3. The molecular formula is C18H25ClN2O. The SMILES string of the molecule is CNCCC1CCN(C(=O)C2CC2c2ccccc2Cl)CC1. The van der Waals surface area contributed by atoms with Crippen LogP contribution in [0.15, 0.2) is 24.3 Å². The van der Waals surface area contributed by atoms with Crippen molar-refractivity contribution in [2.24, 2.45) is 11.8 Å². The molecule has 4 heteroatoms. The maximum absolute atomic E-state index is 12.6. The second kappa shape index (κ2) is 7.01. The molecule has 1 saturated heterocycles. The van der Waals surface area contributed by atoms with Gasteiger partial charge in [-0.3, -0.25) is 4.79 Å². The molecule has 1 aromatic rings. The highest BCUT2D eigenvalue weighted by Crippen LogP contribution is 2.50. The molecule has 0 spiro atoms. The van der Waals surface area contributed by atoms with Crippen molar-refractivity contribution in [3.63, 3.8) is 0 Å². The van der Waals surface area contributed by atoms with Gasteiger partial charge in [0.25, 0.3) is 0 Å². The van der Waals surface area contributed by atoms with E-state index in [0.717, 1.165) is 55.4 Å². The zero-order valence-corrected chi connectivity index (χ0v) is 14.0. The second-order valence-corrected chi connectivity index (χ2v) is 7.04. The van der Waals surface area contributed by atoms with Crippen LogP contribution in [0, 0.1) is 11.8 Å². The van der Waals surface area contributed by atoms with Crippen LogP contribution in [0.5, 0.6) is 0 Å². The summed E-state index contributed by atoms with van der Waals surface area (Å²) < 4.78 is 0. The topological polar surface area (TPSA) is 32.3 Å². The molecule has 3 rings (SSSR count). The fraction of sp³-hybridized carbons (Fsp3) is 0.611. The van der Waals surface area contributed by atoms with Gasteiger partial charge in [0.05, 0.1) is 0 Å². The first kappa shape index (κ1) is 15.8. The van der Waals surface area contributed by atoms with Crippen LogP contribution in [0.2, 0.25) is 5.02 Å². The summed E-state index contributed by atoms with van der Waals surface area (Å²) in [5, 5.41) is 4.01. The highest BCUT2D eigenvalue weighted by atomic mass is 35.5. The van der Waals surface area contributed by atoms with Gasteiger partial charge in [-0.1, -0.05) is 29.8 Å². The largest absolute Gasteiger partial charge is 0.342 e. The molecule has 3 nitrogen and oxygen atoms in total. The first-order chi connectivity index (χ1) is 10.7. The van der Waals surface area contributed by atoms with E-state index in [-0.39, 0.29) is 5.92 Å². The molecule has 0 radical (unpaired) electrons. The smallest absolute Gasteiger partial charge is 0.226 e. The number of carbonyl (C=O) groups excluding carboxylic acids is 1. The molecule has 2 fully saturated rings. The summed E-state index contributed by atoms with van der Waals surface area (Å²) >= 11 is 6.25. The quantitative estimate of drug-likeness (QED) is 0.903. The zero-order chi connectivity index (χ0) is 15.5. The number of nitrogens with one attached hydrogen (secondary N) is 1. The van der Waals surface area contributed by atoms with Gasteiger partial charge in [0.1, 0.15) is 0 Å². The molecule has 1 saturated carbocycles. The normalized spacial score (nSPS) is 25.3. The van der Waals surface area contributed by atoms with Crippen molar-refractivity contribution in [1.82, 2.24) is 10.2 Å². The lowest BCUT2D eigenvalue weighted by molar-refractivity contribution is -0.134. The van der Waals surface area contributed by atoms with Crippen LogP contribution in [0.3, 0.4) is 0 Å². The van der Waals surface area contributed by atoms with Gasteiger partial charge in [0.15, 0.2) is 0 Å². The third-order valence-corrected chi connectivity index (χ3v) is 5.49. The summed E-state index contributed by atoms with van der Waals surface area (Å²) in [5.41, 5.74) is 1.14. The summed E-state index contributed by atoms with van der Waals surface area (Å²) in [6.07, 6.45) is 4.49. The number of hydrogen-bond acceptors (Lipinski definition) is 2. The number of piperidine rings is 1. The molecule has 1 aromatic carbocycles. The van der Waals surface area contributed by atoms with Crippen LogP contribution in [-0.4, -0.2) is 37.5 Å². The Morgan fingerprint density at radius 1 is 1.32 bits per heavy atom. The summed E-state index contributed by atoms with van der Waals surface area (Å²) in [6, 6.07) is 7.93. The molecule has 1 aliphatic carbocycles. The number of rotatable bonds is 5. The van der Waals surface area contributed by atoms with E-state index in [0.29, 0.717) is 11.8 Å². The van der Waals surface area contributed by atoms with Crippen molar-refractivity contribution in [1.29, 1.82) is 0 Å². The van der Waals surface area contributed by atoms with E-state index in [4.69, 9.17) is 11.6 Å². The van der Waals surface area contributed by atoms with Crippen molar-refractivity contribution < 1.29 is 4.79 Å². The highest BCUT2D eigenvalue weighted by Gasteiger charge is 2.46. The molecule has 0 bridgehead atoms. The van der Waals surface area contributed by atoms with E-state index in [9.17, 15) is 4.79 Å². The number of nitrogens with zero attached hydrogens (tertiary/aromatic N) is 1. The molecule has 1 amide bonds. The molecule has 2 aliphatic rings. The number of carbonyl (C=O) groups is 1. The highest BCUT2D eigenvalue weighted by molar-refractivity contribution is 6.31. The van der Waals surface area contributed by atoms with Crippen LogP contribution >= 0.6 is 11.6 Å². The minimum atomic E-state index is 0.161. The monoisotopic (exact) mass is 320 g/mol. The molecule has 120 valence electrons. The second-order valence-electron chi connectivity index (χ2n) is 6.63. The summed E-state index contributed by atoms with van der Waals surface area (Å²) in [6.45, 7) is 2.94. The van der Waals surface area contributed by atoms with E-state index in [1.54, 1.807) is 0 Å². The summed E-state index contributed by atoms with van der Waals surface area (Å²) in [7, 11) is 2.00. The first-order valence-corrected chi connectivity index (χ1v) is 8.76. The number of benzene rings is 1. The molecular weight excluding hydrogens is 296 g/mol. The Balaban J connectivity index is 1.51. The number of halogens is 1. The van der Waals surface area contributed by atoms with Gasteiger partial charge in [-0.25, -0.2) is 0 Å². The lowest BCUT2D eigenvalue weighted by Crippen LogP contribution is -2.40. The van der Waals surface area contributed by atoms with Crippen molar-refractivity contribution in [2.45, 2.75) is 31.6 Å². The van der Waals surface area contributed by atoms with E-state index in [1.165, 1.54) is 6.42 Å². The van der Waals surface area contributed by atoms with Crippen molar-refractivity contribution >= 4 is 17.5 Å². The molecule has 22 heavy (non-hydrogen) atoms. The molecule has 1 N–H and O–H groups in total. The molecule has 2 unspecified atom stereocenters. The maximum atomic E-state index is 12.6. The third kappa shape index (κ3) is 3.47. The fourth-order valence-electron chi connectivity index (χ4n) is 3.61. The molecule has 0 aromatic heterocycles. The zero-order valence-electron chi connectivity index (χ0n) is 13.2. The van der Waals surface area contributed by atoms with E-state index in [1.807, 2.05) is 25.2 Å². The molecule has 1 heterocycles.